The van der Waals surface area contributed by atoms with Gasteiger partial charge in [0.15, 0.2) is 0 Å². The van der Waals surface area contributed by atoms with Gasteiger partial charge in [0.25, 0.3) is 5.69 Å². The Bertz CT molecular complexity index is 530. The number of aliphatic carboxylic acids is 1. The second-order valence-corrected chi connectivity index (χ2v) is 4.03. The molecule has 1 aromatic carbocycles. The van der Waals surface area contributed by atoms with Crippen molar-refractivity contribution >= 4 is 28.9 Å². The topological polar surface area (TPSA) is 122 Å². The van der Waals surface area contributed by atoms with Gasteiger partial charge in [-0.05, 0) is 12.5 Å². The van der Waals surface area contributed by atoms with Gasteiger partial charge in [-0.3, -0.25) is 19.7 Å². The third-order valence-electron chi connectivity index (χ3n) is 2.55. The maximum absolute atomic E-state index is 11.6. The summed E-state index contributed by atoms with van der Waals surface area (Å²) in [5.74, 6) is -1.29. The Morgan fingerprint density at radius 1 is 1.30 bits per heavy atom. The molecule has 8 nitrogen and oxygen atoms in total. The Kier molecular flexibility index (Phi) is 5.45. The standard InChI is InChI=1S/C12H15N3O5/c1-13-10-7-8(15(19)20)5-6-9(10)14-11(16)3-2-4-12(17)18/h5-7,13H,2-4H2,1H3,(H,14,16)(H,17,18). The number of rotatable bonds is 7. The van der Waals surface area contributed by atoms with Crippen molar-refractivity contribution < 1.29 is 19.6 Å². The normalized spacial score (nSPS) is 9.85. The lowest BCUT2D eigenvalue weighted by atomic mass is 10.2. The number of benzene rings is 1. The van der Waals surface area contributed by atoms with Gasteiger partial charge in [-0.15, -0.1) is 0 Å². The number of hydrogen-bond acceptors (Lipinski definition) is 5. The van der Waals surface area contributed by atoms with E-state index in [0.717, 1.165) is 0 Å². The molecule has 1 rings (SSSR count). The van der Waals surface area contributed by atoms with Gasteiger partial charge in [0.05, 0.1) is 16.3 Å². The molecule has 0 saturated carbocycles. The van der Waals surface area contributed by atoms with Crippen LogP contribution >= 0.6 is 0 Å². The molecule has 1 aromatic rings. The van der Waals surface area contributed by atoms with Crippen molar-refractivity contribution in [2.24, 2.45) is 0 Å². The highest BCUT2D eigenvalue weighted by Crippen LogP contribution is 2.26. The number of non-ortho nitro benzene ring substituents is 1. The minimum absolute atomic E-state index is 0.0758. The molecule has 0 atom stereocenters. The molecule has 0 aliphatic carbocycles. The van der Waals surface area contributed by atoms with Crippen LogP contribution in [0.4, 0.5) is 17.1 Å². The highest BCUT2D eigenvalue weighted by atomic mass is 16.6. The summed E-state index contributed by atoms with van der Waals surface area (Å²) in [4.78, 5) is 32.1. The monoisotopic (exact) mass is 281 g/mol. The summed E-state index contributed by atoms with van der Waals surface area (Å²) in [7, 11) is 1.58. The van der Waals surface area contributed by atoms with Crippen molar-refractivity contribution in [3.05, 3.63) is 28.3 Å². The van der Waals surface area contributed by atoms with Gasteiger partial charge in [-0.1, -0.05) is 0 Å². The van der Waals surface area contributed by atoms with E-state index in [-0.39, 0.29) is 30.9 Å². The van der Waals surface area contributed by atoms with E-state index < -0.39 is 10.9 Å². The number of hydrogen-bond donors (Lipinski definition) is 3. The third kappa shape index (κ3) is 4.56. The predicted molar refractivity (Wildman–Crippen MR) is 72.8 cm³/mol. The number of carbonyl (C=O) groups is 2. The molecule has 0 aliphatic rings. The maximum atomic E-state index is 11.6. The number of nitro benzene ring substituents is 1. The van der Waals surface area contributed by atoms with Crippen LogP contribution in [0.25, 0.3) is 0 Å². The highest BCUT2D eigenvalue weighted by molar-refractivity contribution is 5.94. The Hall–Kier alpha value is -2.64. The van der Waals surface area contributed by atoms with Crippen LogP contribution in [0.15, 0.2) is 18.2 Å². The highest BCUT2D eigenvalue weighted by Gasteiger charge is 2.12. The minimum atomic E-state index is -0.955. The number of nitro groups is 1. The van der Waals surface area contributed by atoms with E-state index >= 15 is 0 Å². The molecule has 0 saturated heterocycles. The zero-order valence-corrected chi connectivity index (χ0v) is 10.9. The molecule has 0 unspecified atom stereocenters. The van der Waals surface area contributed by atoms with Crippen molar-refractivity contribution in [2.45, 2.75) is 19.3 Å². The van der Waals surface area contributed by atoms with E-state index in [1.54, 1.807) is 7.05 Å². The average Bonchev–Trinajstić information content (AvgIpc) is 2.38. The van der Waals surface area contributed by atoms with E-state index in [0.29, 0.717) is 11.4 Å². The lowest BCUT2D eigenvalue weighted by Gasteiger charge is -2.10. The molecule has 0 heterocycles. The summed E-state index contributed by atoms with van der Waals surface area (Å²) in [6.45, 7) is 0. The van der Waals surface area contributed by atoms with E-state index in [2.05, 4.69) is 10.6 Å². The van der Waals surface area contributed by atoms with Crippen LogP contribution in [0.2, 0.25) is 0 Å². The molecule has 0 aromatic heterocycles. The molecule has 108 valence electrons. The maximum Gasteiger partial charge on any atom is 0.303 e. The summed E-state index contributed by atoms with van der Waals surface area (Å²) < 4.78 is 0. The first kappa shape index (κ1) is 15.4. The van der Waals surface area contributed by atoms with Crippen LogP contribution < -0.4 is 10.6 Å². The molecule has 0 bridgehead atoms. The van der Waals surface area contributed by atoms with Gasteiger partial charge >= 0.3 is 5.97 Å². The predicted octanol–water partition coefficient (Wildman–Crippen LogP) is 1.83. The van der Waals surface area contributed by atoms with Gasteiger partial charge in [0.1, 0.15) is 0 Å². The molecule has 8 heteroatoms. The number of anilines is 2. The minimum Gasteiger partial charge on any atom is -0.481 e. The smallest absolute Gasteiger partial charge is 0.303 e. The van der Waals surface area contributed by atoms with E-state index in [9.17, 15) is 19.7 Å². The zero-order valence-electron chi connectivity index (χ0n) is 10.9. The van der Waals surface area contributed by atoms with Crippen molar-refractivity contribution in [1.29, 1.82) is 0 Å². The lowest BCUT2D eigenvalue weighted by molar-refractivity contribution is -0.384. The SMILES string of the molecule is CNc1cc([N+](=O)[O-])ccc1NC(=O)CCCC(=O)O. The van der Waals surface area contributed by atoms with Gasteiger partial charge in [-0.25, -0.2) is 0 Å². The van der Waals surface area contributed by atoms with Crippen molar-refractivity contribution in [3.8, 4) is 0 Å². The van der Waals surface area contributed by atoms with Crippen molar-refractivity contribution in [3.63, 3.8) is 0 Å². The molecule has 0 aliphatic heterocycles. The molecular weight excluding hydrogens is 266 g/mol. The fraction of sp³-hybridized carbons (Fsp3) is 0.333. The van der Waals surface area contributed by atoms with Gasteiger partial charge < -0.3 is 15.7 Å². The molecule has 3 N–H and O–H groups in total. The first-order valence-electron chi connectivity index (χ1n) is 5.92. The molecule has 1 amide bonds. The first-order chi connectivity index (χ1) is 9.43. The number of carboxylic acid groups (broad SMARTS) is 1. The van der Waals surface area contributed by atoms with Crippen molar-refractivity contribution in [1.82, 2.24) is 0 Å². The van der Waals surface area contributed by atoms with Crippen LogP contribution in [0.1, 0.15) is 19.3 Å². The summed E-state index contributed by atoms with van der Waals surface area (Å²) in [5, 5.41) is 24.5. The third-order valence-corrected chi connectivity index (χ3v) is 2.55. The average molecular weight is 281 g/mol. The van der Waals surface area contributed by atoms with E-state index in [4.69, 9.17) is 5.11 Å². The Balaban J connectivity index is 2.69. The molecule has 0 fully saturated rings. The van der Waals surface area contributed by atoms with Gasteiger partial charge in [-0.2, -0.15) is 0 Å². The lowest BCUT2D eigenvalue weighted by Crippen LogP contribution is -2.13. The van der Waals surface area contributed by atoms with Crippen LogP contribution in [0, 0.1) is 10.1 Å². The van der Waals surface area contributed by atoms with Crippen LogP contribution in [-0.4, -0.2) is 29.0 Å². The summed E-state index contributed by atoms with van der Waals surface area (Å²) in [5.41, 5.74) is 0.752. The number of carboxylic acids is 1. The summed E-state index contributed by atoms with van der Waals surface area (Å²) in [6, 6.07) is 4.03. The Morgan fingerprint density at radius 3 is 2.55 bits per heavy atom. The number of carbonyl (C=O) groups excluding carboxylic acids is 1. The van der Waals surface area contributed by atoms with E-state index in [1.807, 2.05) is 0 Å². The fourth-order valence-corrected chi connectivity index (χ4v) is 1.57. The molecule has 20 heavy (non-hydrogen) atoms. The Labute approximate surface area is 114 Å². The summed E-state index contributed by atoms with van der Waals surface area (Å²) in [6.07, 6.45) is 0.238. The largest absolute Gasteiger partial charge is 0.481 e. The van der Waals surface area contributed by atoms with Crippen LogP contribution in [0.5, 0.6) is 0 Å². The second-order valence-electron chi connectivity index (χ2n) is 4.03. The van der Waals surface area contributed by atoms with Crippen molar-refractivity contribution in [2.75, 3.05) is 17.7 Å². The van der Waals surface area contributed by atoms with Gasteiger partial charge in [0, 0.05) is 32.0 Å². The van der Waals surface area contributed by atoms with Crippen LogP contribution in [-0.2, 0) is 9.59 Å². The number of amides is 1. The molecule has 0 radical (unpaired) electrons. The number of nitrogens with one attached hydrogen (secondary N) is 2. The Morgan fingerprint density at radius 2 is 2.00 bits per heavy atom. The molecule has 0 spiro atoms. The first-order valence-corrected chi connectivity index (χ1v) is 5.92. The molecular formula is C12H15N3O5. The number of nitrogens with zero attached hydrogens (tertiary/aromatic N) is 1. The fourth-order valence-electron chi connectivity index (χ4n) is 1.57. The zero-order chi connectivity index (χ0) is 15.1. The second kappa shape index (κ2) is 7.07. The quantitative estimate of drug-likeness (QED) is 0.517. The van der Waals surface area contributed by atoms with Crippen LogP contribution in [0.3, 0.4) is 0 Å². The summed E-state index contributed by atoms with van der Waals surface area (Å²) >= 11 is 0. The van der Waals surface area contributed by atoms with Gasteiger partial charge in [0.2, 0.25) is 5.91 Å². The van der Waals surface area contributed by atoms with E-state index in [1.165, 1.54) is 18.2 Å².